The Bertz CT molecular complexity index is 360. The molecule has 1 aromatic heterocycles. The number of ether oxygens (including phenoxy) is 1. The highest BCUT2D eigenvalue weighted by Crippen LogP contribution is 2.38. The molecule has 0 saturated carbocycles. The Hall–Kier alpha value is -0.930. The number of hydrogen-bond acceptors (Lipinski definition) is 3. The predicted molar refractivity (Wildman–Crippen MR) is 66.8 cm³/mol. The van der Waals surface area contributed by atoms with E-state index >= 15 is 0 Å². The van der Waals surface area contributed by atoms with Crippen molar-refractivity contribution in [2.75, 3.05) is 19.7 Å². The van der Waals surface area contributed by atoms with Gasteiger partial charge in [0.05, 0.1) is 12.2 Å². The lowest BCUT2D eigenvalue weighted by atomic mass is 9.84. The highest BCUT2D eigenvalue weighted by atomic mass is 16.5. The van der Waals surface area contributed by atoms with Crippen molar-refractivity contribution in [1.82, 2.24) is 10.3 Å². The van der Waals surface area contributed by atoms with E-state index in [4.69, 9.17) is 4.74 Å². The molecule has 0 amide bonds. The van der Waals surface area contributed by atoms with Gasteiger partial charge in [-0.15, -0.1) is 0 Å². The lowest BCUT2D eigenvalue weighted by Gasteiger charge is -2.33. The number of hydrogen-bond donors (Lipinski definition) is 1. The highest BCUT2D eigenvalue weighted by molar-refractivity contribution is 5.11. The highest BCUT2D eigenvalue weighted by Gasteiger charge is 2.40. The third-order valence-corrected chi connectivity index (χ3v) is 4.07. The number of rotatable bonds is 2. The van der Waals surface area contributed by atoms with Crippen molar-refractivity contribution in [3.05, 3.63) is 30.1 Å². The van der Waals surface area contributed by atoms with Gasteiger partial charge in [0.2, 0.25) is 0 Å². The van der Waals surface area contributed by atoms with Crippen molar-refractivity contribution in [1.29, 1.82) is 0 Å². The lowest BCUT2D eigenvalue weighted by Crippen LogP contribution is -2.41. The quantitative estimate of drug-likeness (QED) is 0.844. The molecule has 3 nitrogen and oxygen atoms in total. The summed E-state index contributed by atoms with van der Waals surface area (Å²) in [7, 11) is 0. The fourth-order valence-electron chi connectivity index (χ4n) is 3.15. The Balaban J connectivity index is 1.60. The first-order chi connectivity index (χ1) is 8.36. The smallest absolute Gasteiger partial charge is 0.0710 e. The van der Waals surface area contributed by atoms with Crippen LogP contribution in [0.5, 0.6) is 0 Å². The molecule has 3 heteroatoms. The molecule has 92 valence electrons. The average Bonchev–Trinajstić information content (AvgIpc) is 2.74. The summed E-state index contributed by atoms with van der Waals surface area (Å²) in [6.45, 7) is 3.16. The molecule has 0 aromatic carbocycles. The minimum Gasteiger partial charge on any atom is -0.375 e. The van der Waals surface area contributed by atoms with E-state index in [0.29, 0.717) is 5.92 Å². The van der Waals surface area contributed by atoms with Crippen LogP contribution in [0, 0.1) is 5.92 Å². The van der Waals surface area contributed by atoms with E-state index in [-0.39, 0.29) is 5.60 Å². The van der Waals surface area contributed by atoms with Crippen molar-refractivity contribution in [3.63, 3.8) is 0 Å². The second-order valence-electron chi connectivity index (χ2n) is 5.37. The third-order valence-electron chi connectivity index (χ3n) is 4.07. The summed E-state index contributed by atoms with van der Waals surface area (Å²) < 4.78 is 6.11. The molecule has 3 heterocycles. The Morgan fingerprint density at radius 1 is 1.29 bits per heavy atom. The molecular weight excluding hydrogens is 212 g/mol. The molecule has 2 saturated heterocycles. The molecule has 1 N–H and O–H groups in total. The summed E-state index contributed by atoms with van der Waals surface area (Å²) in [4.78, 5) is 4.06. The summed E-state index contributed by atoms with van der Waals surface area (Å²) >= 11 is 0. The van der Waals surface area contributed by atoms with Crippen LogP contribution in [0.1, 0.15) is 24.8 Å². The van der Waals surface area contributed by atoms with Crippen LogP contribution in [0.15, 0.2) is 24.5 Å². The van der Waals surface area contributed by atoms with Gasteiger partial charge in [-0.3, -0.25) is 4.98 Å². The molecule has 0 radical (unpaired) electrons. The van der Waals surface area contributed by atoms with Crippen molar-refractivity contribution in [3.8, 4) is 0 Å². The topological polar surface area (TPSA) is 34.1 Å². The first-order valence-electron chi connectivity index (χ1n) is 6.60. The van der Waals surface area contributed by atoms with Gasteiger partial charge in [-0.2, -0.15) is 0 Å². The lowest BCUT2D eigenvalue weighted by molar-refractivity contribution is -0.0196. The van der Waals surface area contributed by atoms with Gasteiger partial charge in [-0.1, -0.05) is 0 Å². The van der Waals surface area contributed by atoms with Crippen LogP contribution in [0.25, 0.3) is 0 Å². The summed E-state index contributed by atoms with van der Waals surface area (Å²) in [5.41, 5.74) is 1.59. The van der Waals surface area contributed by atoms with Crippen LogP contribution >= 0.6 is 0 Å². The van der Waals surface area contributed by atoms with Gasteiger partial charge < -0.3 is 10.1 Å². The maximum atomic E-state index is 6.11. The molecule has 2 aliphatic rings. The molecule has 3 rings (SSSR count). The van der Waals surface area contributed by atoms with E-state index in [0.717, 1.165) is 26.1 Å². The minimum absolute atomic E-state index is 0.197. The first kappa shape index (κ1) is 11.2. The summed E-state index contributed by atoms with van der Waals surface area (Å²) in [6.07, 6.45) is 8.49. The largest absolute Gasteiger partial charge is 0.375 e. The zero-order valence-electron chi connectivity index (χ0n) is 10.2. The molecule has 0 aliphatic carbocycles. The zero-order valence-corrected chi connectivity index (χ0v) is 10.2. The first-order valence-corrected chi connectivity index (χ1v) is 6.60. The van der Waals surface area contributed by atoms with Gasteiger partial charge in [0.25, 0.3) is 0 Å². The molecule has 1 spiro atoms. The van der Waals surface area contributed by atoms with E-state index in [1.807, 2.05) is 12.4 Å². The van der Waals surface area contributed by atoms with Crippen molar-refractivity contribution in [2.45, 2.75) is 31.3 Å². The molecule has 2 aliphatic heterocycles. The van der Waals surface area contributed by atoms with Crippen LogP contribution in [-0.4, -0.2) is 30.3 Å². The van der Waals surface area contributed by atoms with Crippen LogP contribution < -0.4 is 5.32 Å². The van der Waals surface area contributed by atoms with E-state index in [1.165, 1.54) is 24.8 Å². The van der Waals surface area contributed by atoms with Crippen molar-refractivity contribution in [2.24, 2.45) is 5.92 Å². The average molecular weight is 232 g/mol. The maximum absolute atomic E-state index is 6.11. The van der Waals surface area contributed by atoms with Gasteiger partial charge in [-0.05, 0) is 62.4 Å². The predicted octanol–water partition coefficient (Wildman–Crippen LogP) is 1.78. The van der Waals surface area contributed by atoms with Crippen LogP contribution in [-0.2, 0) is 11.2 Å². The summed E-state index contributed by atoms with van der Waals surface area (Å²) in [5, 5.41) is 3.41. The maximum Gasteiger partial charge on any atom is 0.0710 e. The van der Waals surface area contributed by atoms with Crippen molar-refractivity contribution >= 4 is 0 Å². The number of aromatic nitrogens is 1. The standard InChI is InChI=1S/C14H20N2O/c1-5-15-6-2-12(1)9-13-10-14(17-11-13)3-7-16-8-4-14/h1-2,5-6,13,16H,3-4,7-11H2/t13-/m1/s1. The fraction of sp³-hybridized carbons (Fsp3) is 0.643. The Labute approximate surface area is 103 Å². The summed E-state index contributed by atoms with van der Waals surface area (Å²) in [6, 6.07) is 4.24. The van der Waals surface area contributed by atoms with Crippen molar-refractivity contribution < 1.29 is 4.74 Å². The fourth-order valence-corrected chi connectivity index (χ4v) is 3.15. The zero-order chi connectivity index (χ0) is 11.6. The van der Waals surface area contributed by atoms with Crippen LogP contribution in [0.3, 0.4) is 0 Å². The third kappa shape index (κ3) is 2.50. The molecule has 0 unspecified atom stereocenters. The van der Waals surface area contributed by atoms with Gasteiger partial charge in [0, 0.05) is 12.4 Å². The Kier molecular flexibility index (Phi) is 3.12. The number of nitrogens with one attached hydrogen (secondary N) is 1. The normalized spacial score (nSPS) is 27.4. The van der Waals surface area contributed by atoms with Crippen LogP contribution in [0.2, 0.25) is 0 Å². The summed E-state index contributed by atoms with van der Waals surface area (Å²) in [5.74, 6) is 0.690. The van der Waals surface area contributed by atoms with Gasteiger partial charge in [-0.25, -0.2) is 0 Å². The number of pyridine rings is 1. The SMILES string of the molecule is c1cc(C[C@H]2COC3(CCNCC3)C2)ccn1. The monoisotopic (exact) mass is 232 g/mol. The van der Waals surface area contributed by atoms with Gasteiger partial charge in [0.15, 0.2) is 0 Å². The Morgan fingerprint density at radius 3 is 2.82 bits per heavy atom. The molecule has 1 aromatic rings. The molecule has 0 bridgehead atoms. The molecule has 2 fully saturated rings. The molecule has 17 heavy (non-hydrogen) atoms. The van der Waals surface area contributed by atoms with E-state index in [9.17, 15) is 0 Å². The van der Waals surface area contributed by atoms with Gasteiger partial charge >= 0.3 is 0 Å². The van der Waals surface area contributed by atoms with E-state index < -0.39 is 0 Å². The Morgan fingerprint density at radius 2 is 2.06 bits per heavy atom. The molecule has 1 atom stereocenters. The van der Waals surface area contributed by atoms with Crippen LogP contribution in [0.4, 0.5) is 0 Å². The van der Waals surface area contributed by atoms with E-state index in [1.54, 1.807) is 0 Å². The molecular formula is C14H20N2O. The van der Waals surface area contributed by atoms with E-state index in [2.05, 4.69) is 22.4 Å². The number of piperidine rings is 1. The minimum atomic E-state index is 0.197. The second kappa shape index (κ2) is 4.75. The second-order valence-corrected chi connectivity index (χ2v) is 5.37. The van der Waals surface area contributed by atoms with Gasteiger partial charge in [0.1, 0.15) is 0 Å². The number of nitrogens with zero attached hydrogens (tertiary/aromatic N) is 1.